The van der Waals surface area contributed by atoms with Crippen LogP contribution in [0.15, 0.2) is 89.8 Å². The summed E-state index contributed by atoms with van der Waals surface area (Å²) in [5.74, 6) is 0.898. The molecule has 35 heavy (non-hydrogen) atoms. The third kappa shape index (κ3) is 8.59. The maximum atomic E-state index is 13.7. The highest BCUT2D eigenvalue weighted by atomic mass is 32.2. The van der Waals surface area contributed by atoms with E-state index in [0.29, 0.717) is 37.6 Å². The zero-order valence-electron chi connectivity index (χ0n) is 20.9. The van der Waals surface area contributed by atoms with Gasteiger partial charge in [-0.1, -0.05) is 86.6 Å². The van der Waals surface area contributed by atoms with Gasteiger partial charge in [0, 0.05) is 36.6 Å². The summed E-state index contributed by atoms with van der Waals surface area (Å²) in [6.45, 7) is 7.19. The molecule has 0 unspecified atom stereocenters. The first-order chi connectivity index (χ1) is 16.9. The Morgan fingerprint density at radius 1 is 0.886 bits per heavy atom. The second-order valence-electron chi connectivity index (χ2n) is 9.20. The molecule has 0 aliphatic rings. The minimum absolute atomic E-state index is 0.00249. The number of benzene rings is 3. The normalized spacial score (nSPS) is 11.8. The first-order valence-electron chi connectivity index (χ1n) is 12.3. The molecule has 3 aromatic carbocycles. The van der Waals surface area contributed by atoms with Crippen molar-refractivity contribution in [1.82, 2.24) is 10.2 Å². The molecule has 0 saturated heterocycles. The topological polar surface area (TPSA) is 49.4 Å². The highest BCUT2D eigenvalue weighted by Gasteiger charge is 2.30. The van der Waals surface area contributed by atoms with Crippen LogP contribution >= 0.6 is 11.8 Å². The number of carbonyl (C=O) groups excluding carboxylic acids is 2. The molecule has 1 N–H and O–H groups in total. The number of nitrogens with one attached hydrogen (secondary N) is 1. The van der Waals surface area contributed by atoms with Crippen molar-refractivity contribution in [2.24, 2.45) is 5.92 Å². The fourth-order valence-corrected chi connectivity index (χ4v) is 4.73. The Balaban J connectivity index is 1.85. The van der Waals surface area contributed by atoms with E-state index >= 15 is 0 Å². The van der Waals surface area contributed by atoms with Crippen LogP contribution < -0.4 is 5.32 Å². The second kappa shape index (κ2) is 13.7. The maximum Gasteiger partial charge on any atom is 0.243 e. The van der Waals surface area contributed by atoms with Gasteiger partial charge in [0.1, 0.15) is 6.04 Å². The lowest BCUT2D eigenvalue weighted by Crippen LogP contribution is -2.51. The van der Waals surface area contributed by atoms with E-state index in [1.165, 1.54) is 0 Å². The van der Waals surface area contributed by atoms with Gasteiger partial charge in [-0.25, -0.2) is 0 Å². The van der Waals surface area contributed by atoms with Crippen LogP contribution in [0.2, 0.25) is 0 Å². The van der Waals surface area contributed by atoms with Gasteiger partial charge in [0.15, 0.2) is 0 Å². The van der Waals surface area contributed by atoms with Gasteiger partial charge in [0.25, 0.3) is 0 Å². The van der Waals surface area contributed by atoms with Crippen molar-refractivity contribution in [3.63, 3.8) is 0 Å². The van der Waals surface area contributed by atoms with Crippen molar-refractivity contribution in [2.45, 2.75) is 51.1 Å². The number of thioether (sulfide) groups is 1. The summed E-state index contributed by atoms with van der Waals surface area (Å²) < 4.78 is 0. The molecule has 2 amide bonds. The van der Waals surface area contributed by atoms with Gasteiger partial charge in [-0.3, -0.25) is 9.59 Å². The molecule has 3 aromatic rings. The van der Waals surface area contributed by atoms with E-state index in [-0.39, 0.29) is 11.8 Å². The third-order valence-corrected chi connectivity index (χ3v) is 6.90. The number of hydrogen-bond donors (Lipinski definition) is 1. The average molecular weight is 489 g/mol. The zero-order valence-corrected chi connectivity index (χ0v) is 21.8. The van der Waals surface area contributed by atoms with Gasteiger partial charge < -0.3 is 10.2 Å². The average Bonchev–Trinajstić information content (AvgIpc) is 2.87. The van der Waals surface area contributed by atoms with Crippen molar-refractivity contribution in [3.8, 4) is 0 Å². The smallest absolute Gasteiger partial charge is 0.243 e. The Kier molecular flexibility index (Phi) is 10.4. The lowest BCUT2D eigenvalue weighted by molar-refractivity contribution is -0.141. The second-order valence-corrected chi connectivity index (χ2v) is 10.4. The van der Waals surface area contributed by atoms with Gasteiger partial charge in [-0.2, -0.15) is 0 Å². The number of carbonyl (C=O) groups is 2. The molecule has 0 aromatic heterocycles. The monoisotopic (exact) mass is 488 g/mol. The Labute approximate surface area is 214 Å². The molecule has 0 aliphatic heterocycles. The SMILES string of the molecule is Cc1ccccc1CN(C(=O)CCSc1ccccc1)[C@H](Cc1ccccc1)C(=O)NCC(C)C. The van der Waals surface area contributed by atoms with E-state index in [0.717, 1.165) is 21.6 Å². The van der Waals surface area contributed by atoms with Gasteiger partial charge in [-0.05, 0) is 41.7 Å². The molecule has 5 heteroatoms. The molecule has 4 nitrogen and oxygen atoms in total. The van der Waals surface area contributed by atoms with Crippen molar-refractivity contribution in [1.29, 1.82) is 0 Å². The Hall–Kier alpha value is -3.05. The standard InChI is InChI=1S/C30H36N2O2S/c1-23(2)21-31-30(34)28(20-25-13-6-4-7-14-25)32(22-26-15-11-10-12-24(26)3)29(33)18-19-35-27-16-8-5-9-17-27/h4-17,23,28H,18-22H2,1-3H3,(H,31,34)/t28-/m1/s1. The van der Waals surface area contributed by atoms with Crippen LogP contribution in [-0.4, -0.2) is 35.1 Å². The predicted octanol–water partition coefficient (Wildman–Crippen LogP) is 5.89. The van der Waals surface area contributed by atoms with Crippen LogP contribution in [0.3, 0.4) is 0 Å². The fraction of sp³-hybridized carbons (Fsp3) is 0.333. The molecule has 0 heterocycles. The van der Waals surface area contributed by atoms with Gasteiger partial charge in [-0.15, -0.1) is 11.8 Å². The molecule has 184 valence electrons. The van der Waals surface area contributed by atoms with E-state index in [9.17, 15) is 9.59 Å². The summed E-state index contributed by atoms with van der Waals surface area (Å²) in [4.78, 5) is 30.0. The van der Waals surface area contributed by atoms with Crippen LogP contribution in [0.1, 0.15) is 37.0 Å². The summed E-state index contributed by atoms with van der Waals surface area (Å²) in [5, 5.41) is 3.08. The first-order valence-corrected chi connectivity index (χ1v) is 13.3. The maximum absolute atomic E-state index is 13.7. The van der Waals surface area contributed by atoms with Crippen molar-refractivity contribution < 1.29 is 9.59 Å². The van der Waals surface area contributed by atoms with Crippen molar-refractivity contribution in [3.05, 3.63) is 102 Å². The molecule has 0 aliphatic carbocycles. The number of nitrogens with zero attached hydrogens (tertiary/aromatic N) is 1. The Morgan fingerprint density at radius 2 is 1.51 bits per heavy atom. The van der Waals surface area contributed by atoms with Gasteiger partial charge in [0.05, 0.1) is 0 Å². The summed E-state index contributed by atoms with van der Waals surface area (Å²) in [6, 6.07) is 27.6. The Morgan fingerprint density at radius 3 is 2.17 bits per heavy atom. The van der Waals surface area contributed by atoms with Crippen LogP contribution in [0.5, 0.6) is 0 Å². The molecule has 0 fully saturated rings. The van der Waals surface area contributed by atoms with E-state index in [4.69, 9.17) is 0 Å². The van der Waals surface area contributed by atoms with Crippen LogP contribution in [0.4, 0.5) is 0 Å². The molecule has 0 spiro atoms. The molecule has 1 atom stereocenters. The highest BCUT2D eigenvalue weighted by Crippen LogP contribution is 2.21. The fourth-order valence-electron chi connectivity index (χ4n) is 3.86. The van der Waals surface area contributed by atoms with Gasteiger partial charge in [0.2, 0.25) is 11.8 Å². The lowest BCUT2D eigenvalue weighted by atomic mass is 10.0. The minimum atomic E-state index is -0.579. The lowest BCUT2D eigenvalue weighted by Gasteiger charge is -2.32. The van der Waals surface area contributed by atoms with Gasteiger partial charge >= 0.3 is 0 Å². The van der Waals surface area contributed by atoms with E-state index in [1.54, 1.807) is 16.7 Å². The number of hydrogen-bond acceptors (Lipinski definition) is 3. The third-order valence-electron chi connectivity index (χ3n) is 5.89. The van der Waals surface area contributed by atoms with E-state index < -0.39 is 6.04 Å². The summed E-state index contributed by atoms with van der Waals surface area (Å²) in [6.07, 6.45) is 0.850. The molecule has 3 rings (SSSR count). The molecule has 0 radical (unpaired) electrons. The number of aryl methyl sites for hydroxylation is 1. The summed E-state index contributed by atoms with van der Waals surface area (Å²) in [7, 11) is 0. The summed E-state index contributed by atoms with van der Waals surface area (Å²) >= 11 is 1.67. The molecule has 0 saturated carbocycles. The van der Waals surface area contributed by atoms with Crippen LogP contribution in [-0.2, 0) is 22.6 Å². The Bertz CT molecular complexity index is 1070. The quantitative estimate of drug-likeness (QED) is 0.324. The molecule has 0 bridgehead atoms. The molecular weight excluding hydrogens is 452 g/mol. The molecular formula is C30H36N2O2S. The number of rotatable bonds is 12. The van der Waals surface area contributed by atoms with Crippen LogP contribution in [0.25, 0.3) is 0 Å². The van der Waals surface area contributed by atoms with Crippen molar-refractivity contribution >= 4 is 23.6 Å². The van der Waals surface area contributed by atoms with E-state index in [2.05, 4.69) is 31.3 Å². The first kappa shape index (κ1) is 26.6. The highest BCUT2D eigenvalue weighted by molar-refractivity contribution is 7.99. The largest absolute Gasteiger partial charge is 0.354 e. The van der Waals surface area contributed by atoms with Crippen LogP contribution in [0, 0.1) is 12.8 Å². The zero-order chi connectivity index (χ0) is 25.0. The van der Waals surface area contributed by atoms with E-state index in [1.807, 2.05) is 79.7 Å². The van der Waals surface area contributed by atoms with Crippen molar-refractivity contribution in [2.75, 3.05) is 12.3 Å². The minimum Gasteiger partial charge on any atom is -0.354 e. The number of amides is 2. The predicted molar refractivity (Wildman–Crippen MR) is 145 cm³/mol. The summed E-state index contributed by atoms with van der Waals surface area (Å²) in [5.41, 5.74) is 3.22.